The quantitative estimate of drug-likeness (QED) is 0.488. The molecule has 1 fully saturated rings. The van der Waals surface area contributed by atoms with Gasteiger partial charge in [0.25, 0.3) is 5.91 Å². The van der Waals surface area contributed by atoms with Gasteiger partial charge >= 0.3 is 17.9 Å². The molecule has 118 valence electrons. The molecule has 0 bridgehead atoms. The maximum absolute atomic E-state index is 11.4. The molecule has 2 N–H and O–H groups in total. The zero-order valence-electron chi connectivity index (χ0n) is 11.9. The maximum atomic E-state index is 11.4. The van der Waals surface area contributed by atoms with Crippen LogP contribution in [0, 0.1) is 0 Å². The highest BCUT2D eigenvalue weighted by Crippen LogP contribution is 2.27. The van der Waals surface area contributed by atoms with E-state index in [9.17, 15) is 19.2 Å². The lowest BCUT2D eigenvalue weighted by Crippen LogP contribution is -2.44. The lowest BCUT2D eigenvalue weighted by molar-refractivity contribution is -0.166. The Kier molecular flexibility index (Phi) is 5.65. The molecule has 0 aromatic heterocycles. The first-order valence-corrected chi connectivity index (χ1v) is 6.15. The molecule has 0 aromatic rings. The van der Waals surface area contributed by atoms with Crippen LogP contribution in [-0.2, 0) is 38.1 Å². The highest BCUT2D eigenvalue weighted by molar-refractivity contribution is 5.81. The molecule has 4 unspecified atom stereocenters. The normalized spacial score (nSPS) is 27.8. The van der Waals surface area contributed by atoms with Gasteiger partial charge in [0, 0.05) is 20.8 Å². The number of hydrogen-bond acceptors (Lipinski definition) is 8. The van der Waals surface area contributed by atoms with Crippen LogP contribution in [0.4, 0.5) is 0 Å². The summed E-state index contributed by atoms with van der Waals surface area (Å²) in [5.41, 5.74) is 5.17. The van der Waals surface area contributed by atoms with Crippen molar-refractivity contribution in [3.63, 3.8) is 0 Å². The van der Waals surface area contributed by atoms with Gasteiger partial charge in [-0.2, -0.15) is 0 Å². The minimum Gasteiger partial charge on any atom is -0.463 e. The van der Waals surface area contributed by atoms with Crippen molar-refractivity contribution in [3.8, 4) is 0 Å². The van der Waals surface area contributed by atoms with Crippen molar-refractivity contribution in [2.24, 2.45) is 5.73 Å². The van der Waals surface area contributed by atoms with E-state index in [1.54, 1.807) is 0 Å². The summed E-state index contributed by atoms with van der Waals surface area (Å²) in [5, 5.41) is 0. The molecule has 4 atom stereocenters. The second-order valence-electron chi connectivity index (χ2n) is 4.45. The van der Waals surface area contributed by atoms with Gasteiger partial charge in [-0.3, -0.25) is 19.2 Å². The van der Waals surface area contributed by atoms with E-state index in [-0.39, 0.29) is 6.61 Å². The number of ether oxygens (including phenoxy) is 4. The summed E-state index contributed by atoms with van der Waals surface area (Å²) in [4.78, 5) is 44.5. The minimum atomic E-state index is -1.29. The third kappa shape index (κ3) is 4.71. The molecule has 1 rings (SSSR count). The fourth-order valence-corrected chi connectivity index (χ4v) is 1.94. The van der Waals surface area contributed by atoms with Gasteiger partial charge in [0.1, 0.15) is 12.7 Å². The molecule has 0 aliphatic carbocycles. The average molecular weight is 303 g/mol. The summed E-state index contributed by atoms with van der Waals surface area (Å²) in [7, 11) is 0. The zero-order chi connectivity index (χ0) is 16.2. The number of amides is 1. The molecule has 21 heavy (non-hydrogen) atoms. The van der Waals surface area contributed by atoms with Crippen molar-refractivity contribution >= 4 is 23.8 Å². The smallest absolute Gasteiger partial charge is 0.303 e. The van der Waals surface area contributed by atoms with Crippen molar-refractivity contribution in [2.45, 2.75) is 45.2 Å². The van der Waals surface area contributed by atoms with Crippen LogP contribution in [0.25, 0.3) is 0 Å². The Morgan fingerprint density at radius 2 is 1.48 bits per heavy atom. The molecule has 0 spiro atoms. The van der Waals surface area contributed by atoms with E-state index in [1.165, 1.54) is 6.92 Å². The molecule has 0 saturated carbocycles. The van der Waals surface area contributed by atoms with Crippen LogP contribution in [-0.4, -0.2) is 54.8 Å². The molecule has 1 aliphatic heterocycles. The van der Waals surface area contributed by atoms with Crippen LogP contribution in [0.3, 0.4) is 0 Å². The fraction of sp³-hybridized carbons (Fsp3) is 0.667. The number of nitrogens with two attached hydrogens (primary N) is 1. The number of hydrogen-bond donors (Lipinski definition) is 1. The van der Waals surface area contributed by atoms with E-state index in [1.807, 2.05) is 0 Å². The number of carbonyl (C=O) groups is 4. The van der Waals surface area contributed by atoms with Gasteiger partial charge in [-0.15, -0.1) is 0 Å². The lowest BCUT2D eigenvalue weighted by atomic mass is 10.1. The molecule has 0 aromatic carbocycles. The van der Waals surface area contributed by atoms with E-state index in [0.717, 1.165) is 13.8 Å². The zero-order valence-corrected chi connectivity index (χ0v) is 11.9. The Morgan fingerprint density at radius 3 is 1.90 bits per heavy atom. The Morgan fingerprint density at radius 1 is 0.952 bits per heavy atom. The summed E-state index contributed by atoms with van der Waals surface area (Å²) < 4.78 is 20.0. The monoisotopic (exact) mass is 303 g/mol. The van der Waals surface area contributed by atoms with E-state index < -0.39 is 48.2 Å². The Hall–Kier alpha value is -2.16. The number of carbonyl (C=O) groups excluding carboxylic acids is 4. The Labute approximate surface area is 120 Å². The number of esters is 3. The fourth-order valence-electron chi connectivity index (χ4n) is 1.94. The van der Waals surface area contributed by atoms with Crippen LogP contribution in [0.15, 0.2) is 0 Å². The molecule has 1 aliphatic rings. The van der Waals surface area contributed by atoms with Crippen molar-refractivity contribution in [3.05, 3.63) is 0 Å². The van der Waals surface area contributed by atoms with Crippen molar-refractivity contribution in [1.82, 2.24) is 0 Å². The van der Waals surface area contributed by atoms with Crippen LogP contribution < -0.4 is 5.73 Å². The lowest BCUT2D eigenvalue weighted by Gasteiger charge is -2.22. The first-order valence-electron chi connectivity index (χ1n) is 6.15. The standard InChI is InChI=1S/C12H17NO8/c1-5(14)18-4-8-9(19-6(2)15)10(20-7(3)16)11(21-8)12(13)17/h8-11H,4H2,1-3H3,(H2,13,17). The van der Waals surface area contributed by atoms with Gasteiger partial charge in [0.2, 0.25) is 0 Å². The Bertz CT molecular complexity index is 449. The second-order valence-corrected chi connectivity index (χ2v) is 4.45. The molecule has 9 heteroatoms. The van der Waals surface area contributed by atoms with E-state index in [4.69, 9.17) is 24.7 Å². The van der Waals surface area contributed by atoms with E-state index in [0.29, 0.717) is 0 Å². The van der Waals surface area contributed by atoms with Crippen LogP contribution in [0.1, 0.15) is 20.8 Å². The third-order valence-electron chi connectivity index (χ3n) is 2.65. The summed E-state index contributed by atoms with van der Waals surface area (Å²) in [6, 6.07) is 0. The van der Waals surface area contributed by atoms with E-state index in [2.05, 4.69) is 0 Å². The van der Waals surface area contributed by atoms with Gasteiger partial charge < -0.3 is 24.7 Å². The second kappa shape index (κ2) is 7.02. The molecule has 1 amide bonds. The summed E-state index contributed by atoms with van der Waals surface area (Å²) in [6.45, 7) is 3.19. The highest BCUT2D eigenvalue weighted by atomic mass is 16.7. The third-order valence-corrected chi connectivity index (χ3v) is 2.65. The molecular weight excluding hydrogens is 286 g/mol. The molecule has 1 saturated heterocycles. The van der Waals surface area contributed by atoms with Crippen molar-refractivity contribution < 1.29 is 38.1 Å². The molecule has 0 radical (unpaired) electrons. The van der Waals surface area contributed by atoms with Crippen LogP contribution >= 0.6 is 0 Å². The van der Waals surface area contributed by atoms with Gasteiger partial charge in [0.05, 0.1) is 0 Å². The largest absolute Gasteiger partial charge is 0.463 e. The van der Waals surface area contributed by atoms with Crippen LogP contribution in [0.2, 0.25) is 0 Å². The van der Waals surface area contributed by atoms with E-state index >= 15 is 0 Å². The predicted molar refractivity (Wildman–Crippen MR) is 65.6 cm³/mol. The molecule has 9 nitrogen and oxygen atoms in total. The Balaban J connectivity index is 2.95. The van der Waals surface area contributed by atoms with Gasteiger partial charge in [-0.1, -0.05) is 0 Å². The topological polar surface area (TPSA) is 131 Å². The summed E-state index contributed by atoms with van der Waals surface area (Å²) >= 11 is 0. The number of rotatable bonds is 5. The van der Waals surface area contributed by atoms with Gasteiger partial charge in [0.15, 0.2) is 18.3 Å². The SMILES string of the molecule is CC(=O)OCC1OC(C(N)=O)C(OC(C)=O)C1OC(C)=O. The molecular formula is C12H17NO8. The van der Waals surface area contributed by atoms with Gasteiger partial charge in [-0.25, -0.2) is 0 Å². The maximum Gasteiger partial charge on any atom is 0.303 e. The molecule has 1 heterocycles. The first-order chi connectivity index (χ1) is 9.72. The predicted octanol–water partition coefficient (Wildman–Crippen LogP) is -1.33. The average Bonchev–Trinajstić information content (AvgIpc) is 2.64. The minimum absolute atomic E-state index is 0.269. The van der Waals surface area contributed by atoms with Gasteiger partial charge in [-0.05, 0) is 0 Å². The summed E-state index contributed by atoms with van der Waals surface area (Å²) in [5.74, 6) is -2.82. The van der Waals surface area contributed by atoms with Crippen molar-refractivity contribution in [2.75, 3.05) is 6.61 Å². The van der Waals surface area contributed by atoms with Crippen molar-refractivity contribution in [1.29, 1.82) is 0 Å². The number of primary amides is 1. The van der Waals surface area contributed by atoms with Crippen LogP contribution in [0.5, 0.6) is 0 Å². The first kappa shape index (κ1) is 16.9. The highest BCUT2D eigenvalue weighted by Gasteiger charge is 2.51. The summed E-state index contributed by atoms with van der Waals surface area (Å²) in [6.07, 6.45) is -4.54.